The molecule has 0 spiro atoms. The van der Waals surface area contributed by atoms with Gasteiger partial charge in [0.2, 0.25) is 0 Å². The number of aryl methyl sites for hydroxylation is 2. The van der Waals surface area contributed by atoms with Gasteiger partial charge in [0.05, 0.1) is 11.0 Å². The van der Waals surface area contributed by atoms with Crippen LogP contribution in [0.5, 0.6) is 0 Å². The molecule has 1 aliphatic heterocycles. The third-order valence-corrected chi connectivity index (χ3v) is 4.73. The van der Waals surface area contributed by atoms with Crippen LogP contribution in [-0.4, -0.2) is 47.0 Å². The van der Waals surface area contributed by atoms with Gasteiger partial charge in [0, 0.05) is 32.7 Å². The summed E-state index contributed by atoms with van der Waals surface area (Å²) in [6.07, 6.45) is 1.01. The highest BCUT2D eigenvalue weighted by Gasteiger charge is 2.24. The normalized spacial score (nSPS) is 18.6. The number of benzene rings is 1. The largest absolute Gasteiger partial charge is 0.392 e. The second kappa shape index (κ2) is 7.34. The zero-order valence-electron chi connectivity index (χ0n) is 13.4. The van der Waals surface area contributed by atoms with E-state index in [2.05, 4.69) is 48.8 Å². The van der Waals surface area contributed by atoms with Gasteiger partial charge >= 0.3 is 0 Å². The van der Waals surface area contributed by atoms with Crippen LogP contribution < -0.4 is 5.73 Å². The predicted molar refractivity (Wildman–Crippen MR) is 93.6 cm³/mol. The van der Waals surface area contributed by atoms with Crippen LogP contribution >= 0.6 is 12.2 Å². The van der Waals surface area contributed by atoms with Crippen molar-refractivity contribution in [3.63, 3.8) is 0 Å². The fraction of sp³-hybridized carbons (Fsp3) is 0.588. The van der Waals surface area contributed by atoms with Crippen LogP contribution in [0.15, 0.2) is 18.2 Å². The van der Waals surface area contributed by atoms with E-state index >= 15 is 0 Å². The van der Waals surface area contributed by atoms with Gasteiger partial charge in [-0.1, -0.05) is 42.9 Å². The Hall–Kier alpha value is -0.970. The number of rotatable bonds is 5. The maximum Gasteiger partial charge on any atom is 0.0901 e. The molecule has 1 atom stereocenters. The fourth-order valence-electron chi connectivity index (χ4n) is 3.08. The summed E-state index contributed by atoms with van der Waals surface area (Å²) in [6, 6.07) is 6.99. The average molecular weight is 305 g/mol. The van der Waals surface area contributed by atoms with Gasteiger partial charge in [0.25, 0.3) is 0 Å². The molecule has 0 radical (unpaired) electrons. The molecule has 0 amide bonds. The number of thiocarbonyl (C=S) groups is 1. The van der Waals surface area contributed by atoms with Crippen LogP contribution in [-0.2, 0) is 6.54 Å². The first-order valence-electron chi connectivity index (χ1n) is 7.83. The molecular formula is C17H27N3S. The smallest absolute Gasteiger partial charge is 0.0901 e. The molecule has 21 heavy (non-hydrogen) atoms. The molecule has 0 bridgehead atoms. The molecule has 2 N–H and O–H groups in total. The van der Waals surface area contributed by atoms with Crippen LogP contribution in [0.1, 0.15) is 30.0 Å². The zero-order chi connectivity index (χ0) is 15.4. The second-order valence-corrected chi connectivity index (χ2v) is 6.54. The summed E-state index contributed by atoms with van der Waals surface area (Å²) in [7, 11) is 0. The molecule has 2 rings (SSSR count). The van der Waals surface area contributed by atoms with E-state index in [-0.39, 0.29) is 6.04 Å². The van der Waals surface area contributed by atoms with Gasteiger partial charge in [-0.3, -0.25) is 9.80 Å². The molecule has 1 aromatic rings. The lowest BCUT2D eigenvalue weighted by Crippen LogP contribution is -2.53. The van der Waals surface area contributed by atoms with E-state index in [0.717, 1.165) is 39.1 Å². The first-order valence-corrected chi connectivity index (χ1v) is 8.24. The summed E-state index contributed by atoms with van der Waals surface area (Å²) in [5.41, 5.74) is 10.0. The van der Waals surface area contributed by atoms with Gasteiger partial charge in [0.15, 0.2) is 0 Å². The molecule has 116 valence electrons. The molecule has 1 aliphatic rings. The summed E-state index contributed by atoms with van der Waals surface area (Å²) in [4.78, 5) is 5.60. The topological polar surface area (TPSA) is 32.5 Å². The van der Waals surface area contributed by atoms with Gasteiger partial charge in [0.1, 0.15) is 0 Å². The van der Waals surface area contributed by atoms with Crippen molar-refractivity contribution < 1.29 is 0 Å². The molecule has 3 nitrogen and oxygen atoms in total. The van der Waals surface area contributed by atoms with E-state index in [1.807, 2.05) is 0 Å². The van der Waals surface area contributed by atoms with E-state index in [1.54, 1.807) is 0 Å². The second-order valence-electron chi connectivity index (χ2n) is 6.07. The van der Waals surface area contributed by atoms with Gasteiger partial charge in [-0.05, 0) is 31.4 Å². The molecule has 0 saturated carbocycles. The van der Waals surface area contributed by atoms with Crippen molar-refractivity contribution in [1.29, 1.82) is 0 Å². The monoisotopic (exact) mass is 305 g/mol. The molecular weight excluding hydrogens is 278 g/mol. The molecule has 1 heterocycles. The zero-order valence-corrected chi connectivity index (χ0v) is 14.2. The lowest BCUT2D eigenvalue weighted by atomic mass is 10.0. The van der Waals surface area contributed by atoms with Crippen molar-refractivity contribution in [2.24, 2.45) is 5.73 Å². The SMILES string of the molecule is CCC(C(N)=S)N1CCN(Cc2cc(C)ccc2C)CC1. The maximum atomic E-state index is 5.85. The first kappa shape index (κ1) is 16.4. The number of nitrogens with two attached hydrogens (primary N) is 1. The molecule has 1 saturated heterocycles. The minimum Gasteiger partial charge on any atom is -0.392 e. The number of piperazine rings is 1. The van der Waals surface area contributed by atoms with Crippen LogP contribution in [0.4, 0.5) is 0 Å². The Balaban J connectivity index is 1.92. The summed E-state index contributed by atoms with van der Waals surface area (Å²) >= 11 is 5.19. The van der Waals surface area contributed by atoms with Crippen LogP contribution in [0.3, 0.4) is 0 Å². The Labute approximate surface area is 134 Å². The molecule has 1 fully saturated rings. The third kappa shape index (κ3) is 4.25. The van der Waals surface area contributed by atoms with Gasteiger partial charge in [-0.15, -0.1) is 0 Å². The Morgan fingerprint density at radius 2 is 1.90 bits per heavy atom. The quantitative estimate of drug-likeness (QED) is 0.847. The van der Waals surface area contributed by atoms with Crippen molar-refractivity contribution in [3.8, 4) is 0 Å². The lowest BCUT2D eigenvalue weighted by Gasteiger charge is -2.38. The summed E-state index contributed by atoms with van der Waals surface area (Å²) < 4.78 is 0. The standard InChI is InChI=1S/C17H27N3S/c1-4-16(17(18)21)20-9-7-19(8-10-20)12-15-11-13(2)5-6-14(15)3/h5-6,11,16H,4,7-10,12H2,1-3H3,(H2,18,21). The van der Waals surface area contributed by atoms with E-state index in [4.69, 9.17) is 18.0 Å². The van der Waals surface area contributed by atoms with Crippen molar-refractivity contribution in [3.05, 3.63) is 34.9 Å². The molecule has 1 aromatic carbocycles. The fourth-order valence-corrected chi connectivity index (χ4v) is 3.40. The summed E-state index contributed by atoms with van der Waals surface area (Å²) in [6.45, 7) is 11.9. The van der Waals surface area contributed by atoms with Gasteiger partial charge in [-0.25, -0.2) is 0 Å². The predicted octanol–water partition coefficient (Wildman–Crippen LogP) is 2.49. The van der Waals surface area contributed by atoms with Gasteiger partial charge < -0.3 is 5.73 Å². The number of hydrogen-bond acceptors (Lipinski definition) is 3. The van der Waals surface area contributed by atoms with Crippen molar-refractivity contribution >= 4 is 17.2 Å². The number of nitrogens with zero attached hydrogens (tertiary/aromatic N) is 2. The Kier molecular flexibility index (Phi) is 5.73. The first-order chi connectivity index (χ1) is 10.0. The van der Waals surface area contributed by atoms with Crippen LogP contribution in [0.2, 0.25) is 0 Å². The maximum absolute atomic E-state index is 5.85. The molecule has 0 aliphatic carbocycles. The molecule has 0 aromatic heterocycles. The highest BCUT2D eigenvalue weighted by molar-refractivity contribution is 7.80. The average Bonchev–Trinajstić information content (AvgIpc) is 2.45. The van der Waals surface area contributed by atoms with E-state index in [1.165, 1.54) is 16.7 Å². The Morgan fingerprint density at radius 3 is 2.48 bits per heavy atom. The van der Waals surface area contributed by atoms with E-state index < -0.39 is 0 Å². The summed E-state index contributed by atoms with van der Waals surface area (Å²) in [5.74, 6) is 0. The van der Waals surface area contributed by atoms with Crippen molar-refractivity contribution in [2.45, 2.75) is 39.8 Å². The minimum atomic E-state index is 0.267. The summed E-state index contributed by atoms with van der Waals surface area (Å²) in [5, 5.41) is 0. The van der Waals surface area contributed by atoms with E-state index in [0.29, 0.717) is 4.99 Å². The van der Waals surface area contributed by atoms with E-state index in [9.17, 15) is 0 Å². The van der Waals surface area contributed by atoms with Crippen molar-refractivity contribution in [1.82, 2.24) is 9.80 Å². The minimum absolute atomic E-state index is 0.267. The Bertz CT molecular complexity index is 493. The molecule has 1 unspecified atom stereocenters. The Morgan fingerprint density at radius 1 is 1.24 bits per heavy atom. The third-order valence-electron chi connectivity index (χ3n) is 4.46. The number of hydrogen-bond donors (Lipinski definition) is 1. The van der Waals surface area contributed by atoms with Crippen LogP contribution in [0, 0.1) is 13.8 Å². The van der Waals surface area contributed by atoms with Gasteiger partial charge in [-0.2, -0.15) is 0 Å². The van der Waals surface area contributed by atoms with Crippen molar-refractivity contribution in [2.75, 3.05) is 26.2 Å². The van der Waals surface area contributed by atoms with Crippen LogP contribution in [0.25, 0.3) is 0 Å². The highest BCUT2D eigenvalue weighted by Crippen LogP contribution is 2.16. The molecule has 4 heteroatoms. The lowest BCUT2D eigenvalue weighted by molar-refractivity contribution is 0.111. The highest BCUT2D eigenvalue weighted by atomic mass is 32.1.